The second-order valence-corrected chi connectivity index (χ2v) is 4.34. The molecule has 0 bridgehead atoms. The van der Waals surface area contributed by atoms with Crippen molar-refractivity contribution in [3.05, 3.63) is 29.3 Å². The Morgan fingerprint density at radius 3 is 2.95 bits per heavy atom. The van der Waals surface area contributed by atoms with E-state index in [0.29, 0.717) is 23.4 Å². The number of nitrogens with zero attached hydrogens (tertiary/aromatic N) is 2. The molecule has 1 heterocycles. The summed E-state index contributed by atoms with van der Waals surface area (Å²) in [4.78, 5) is 14.8. The van der Waals surface area contributed by atoms with Crippen LogP contribution < -0.4 is 5.73 Å². The van der Waals surface area contributed by atoms with E-state index in [-0.39, 0.29) is 18.3 Å². The van der Waals surface area contributed by atoms with Crippen LogP contribution in [0.15, 0.2) is 12.1 Å². The third-order valence-electron chi connectivity index (χ3n) is 2.79. The topological polar surface area (TPSA) is 70.1 Å². The zero-order valence-corrected chi connectivity index (χ0v) is 11.1. The fourth-order valence-electron chi connectivity index (χ4n) is 1.89. The first-order valence-electron chi connectivity index (χ1n) is 5.66. The number of benzene rings is 1. The van der Waals surface area contributed by atoms with Gasteiger partial charge < -0.3 is 15.0 Å². The van der Waals surface area contributed by atoms with Gasteiger partial charge in [0.2, 0.25) is 0 Å². The number of halogens is 2. The van der Waals surface area contributed by atoms with Gasteiger partial charge in [-0.2, -0.15) is 0 Å². The second kappa shape index (κ2) is 5.44. The Morgan fingerprint density at radius 1 is 1.58 bits per heavy atom. The van der Waals surface area contributed by atoms with Gasteiger partial charge in [-0.1, -0.05) is 0 Å². The predicted octanol–water partition coefficient (Wildman–Crippen LogP) is 2.32. The van der Waals surface area contributed by atoms with Crippen molar-refractivity contribution in [1.29, 1.82) is 0 Å². The summed E-state index contributed by atoms with van der Waals surface area (Å²) < 4.78 is 20.0. The number of imidazole rings is 1. The lowest BCUT2D eigenvalue weighted by Gasteiger charge is -2.08. The molecule has 1 aromatic carbocycles. The summed E-state index contributed by atoms with van der Waals surface area (Å²) in [6.45, 7) is 2.15. The minimum Gasteiger partial charge on any atom is -0.448 e. The standard InChI is InChI=1S/C12H13ClFN3O2/c1-7-4-10-9(5-8(7)14)16-11(6-13)17(10)2-3-19-12(15)18/h4-5H,2-3,6H2,1H3,(H2,15,18). The fraction of sp³-hybridized carbons (Fsp3) is 0.333. The van der Waals surface area contributed by atoms with Gasteiger partial charge in [0, 0.05) is 6.07 Å². The molecule has 0 unspecified atom stereocenters. The van der Waals surface area contributed by atoms with E-state index in [9.17, 15) is 9.18 Å². The van der Waals surface area contributed by atoms with Crippen molar-refractivity contribution in [2.24, 2.45) is 5.73 Å². The van der Waals surface area contributed by atoms with Crippen molar-refractivity contribution in [3.63, 3.8) is 0 Å². The van der Waals surface area contributed by atoms with Gasteiger partial charge in [0.05, 0.1) is 23.5 Å². The van der Waals surface area contributed by atoms with Crippen LogP contribution in [0, 0.1) is 12.7 Å². The highest BCUT2D eigenvalue weighted by molar-refractivity contribution is 6.16. The van der Waals surface area contributed by atoms with Crippen LogP contribution in [0.1, 0.15) is 11.4 Å². The van der Waals surface area contributed by atoms with Crippen molar-refractivity contribution < 1.29 is 13.9 Å². The number of carbonyl (C=O) groups is 1. The lowest BCUT2D eigenvalue weighted by Crippen LogP contribution is -2.17. The number of rotatable bonds is 4. The molecule has 0 spiro atoms. The summed E-state index contributed by atoms with van der Waals surface area (Å²) in [6, 6.07) is 3.06. The SMILES string of the molecule is Cc1cc2c(cc1F)nc(CCl)n2CCOC(N)=O. The van der Waals surface area contributed by atoms with Gasteiger partial charge in [0.1, 0.15) is 18.2 Å². The Bertz CT molecular complexity index is 627. The maximum absolute atomic E-state index is 13.5. The van der Waals surface area contributed by atoms with Crippen molar-refractivity contribution in [1.82, 2.24) is 9.55 Å². The minimum atomic E-state index is -0.834. The van der Waals surface area contributed by atoms with Gasteiger partial charge in [-0.05, 0) is 18.6 Å². The highest BCUT2D eigenvalue weighted by Gasteiger charge is 2.12. The molecule has 1 amide bonds. The number of aryl methyl sites for hydroxylation is 1. The number of amides is 1. The summed E-state index contributed by atoms with van der Waals surface area (Å²) in [5.74, 6) is 0.465. The molecule has 102 valence electrons. The molecule has 1 aromatic heterocycles. The Hall–Kier alpha value is -1.82. The smallest absolute Gasteiger partial charge is 0.404 e. The molecule has 0 atom stereocenters. The van der Waals surface area contributed by atoms with Gasteiger partial charge in [-0.3, -0.25) is 0 Å². The van der Waals surface area contributed by atoms with Crippen molar-refractivity contribution in [2.75, 3.05) is 6.61 Å². The molecule has 0 aliphatic carbocycles. The predicted molar refractivity (Wildman–Crippen MR) is 69.5 cm³/mol. The van der Waals surface area contributed by atoms with Crippen LogP contribution in [0.5, 0.6) is 0 Å². The summed E-state index contributed by atoms with van der Waals surface area (Å²) in [6.07, 6.45) is -0.834. The summed E-state index contributed by atoms with van der Waals surface area (Å²) >= 11 is 5.82. The number of primary amides is 1. The molecule has 0 saturated heterocycles. The first-order chi connectivity index (χ1) is 9.02. The molecule has 2 N–H and O–H groups in total. The third-order valence-corrected chi connectivity index (χ3v) is 3.03. The summed E-state index contributed by atoms with van der Waals surface area (Å²) in [7, 11) is 0. The van der Waals surface area contributed by atoms with Crippen LogP contribution in [-0.2, 0) is 17.2 Å². The van der Waals surface area contributed by atoms with E-state index in [1.807, 2.05) is 0 Å². The molecular weight excluding hydrogens is 273 g/mol. The largest absolute Gasteiger partial charge is 0.448 e. The molecule has 2 aromatic rings. The lowest BCUT2D eigenvalue weighted by atomic mass is 10.2. The first-order valence-corrected chi connectivity index (χ1v) is 6.20. The average molecular weight is 286 g/mol. The van der Waals surface area contributed by atoms with Crippen LogP contribution in [0.4, 0.5) is 9.18 Å². The Balaban J connectivity index is 2.39. The summed E-state index contributed by atoms with van der Waals surface area (Å²) in [5.41, 5.74) is 6.69. The highest BCUT2D eigenvalue weighted by atomic mass is 35.5. The molecule has 0 aliphatic heterocycles. The molecule has 0 aliphatic rings. The van der Waals surface area contributed by atoms with E-state index in [2.05, 4.69) is 4.98 Å². The number of fused-ring (bicyclic) bond motifs is 1. The minimum absolute atomic E-state index is 0.112. The van der Waals surface area contributed by atoms with E-state index in [1.54, 1.807) is 17.6 Å². The van der Waals surface area contributed by atoms with Crippen molar-refractivity contribution in [3.8, 4) is 0 Å². The number of hydrogen-bond acceptors (Lipinski definition) is 3. The Labute approximate surface area is 114 Å². The molecular formula is C12H13ClFN3O2. The zero-order valence-electron chi connectivity index (χ0n) is 10.3. The molecule has 2 rings (SSSR count). The zero-order chi connectivity index (χ0) is 14.0. The van der Waals surface area contributed by atoms with Crippen LogP contribution in [0.3, 0.4) is 0 Å². The number of alkyl halides is 1. The molecule has 0 radical (unpaired) electrons. The molecule has 5 nitrogen and oxygen atoms in total. The molecule has 19 heavy (non-hydrogen) atoms. The maximum Gasteiger partial charge on any atom is 0.404 e. The maximum atomic E-state index is 13.5. The van der Waals surface area contributed by atoms with E-state index in [4.69, 9.17) is 22.1 Å². The van der Waals surface area contributed by atoms with Crippen LogP contribution in [-0.4, -0.2) is 22.3 Å². The van der Waals surface area contributed by atoms with Gasteiger partial charge in [0.25, 0.3) is 0 Å². The quantitative estimate of drug-likeness (QED) is 0.877. The Kier molecular flexibility index (Phi) is 3.90. The Morgan fingerprint density at radius 2 is 2.32 bits per heavy atom. The number of carbonyl (C=O) groups excluding carboxylic acids is 1. The van der Waals surface area contributed by atoms with Gasteiger partial charge in [-0.15, -0.1) is 11.6 Å². The number of hydrogen-bond donors (Lipinski definition) is 1. The number of aromatic nitrogens is 2. The van der Waals surface area contributed by atoms with Crippen molar-refractivity contribution in [2.45, 2.75) is 19.3 Å². The van der Waals surface area contributed by atoms with Gasteiger partial charge in [0.15, 0.2) is 0 Å². The van der Waals surface area contributed by atoms with E-state index < -0.39 is 6.09 Å². The monoisotopic (exact) mass is 285 g/mol. The van der Waals surface area contributed by atoms with Gasteiger partial charge >= 0.3 is 6.09 Å². The fourth-order valence-corrected chi connectivity index (χ4v) is 2.09. The highest BCUT2D eigenvalue weighted by Crippen LogP contribution is 2.21. The van der Waals surface area contributed by atoms with Crippen LogP contribution >= 0.6 is 11.6 Å². The van der Waals surface area contributed by atoms with Crippen molar-refractivity contribution >= 4 is 28.7 Å². The molecule has 0 saturated carbocycles. The average Bonchev–Trinajstić information content (AvgIpc) is 2.67. The first kappa shape index (κ1) is 13.6. The van der Waals surface area contributed by atoms with E-state index in [0.717, 1.165) is 5.52 Å². The third kappa shape index (κ3) is 2.78. The van der Waals surface area contributed by atoms with Crippen LogP contribution in [0.25, 0.3) is 11.0 Å². The van der Waals surface area contributed by atoms with E-state index >= 15 is 0 Å². The van der Waals surface area contributed by atoms with Gasteiger partial charge in [-0.25, -0.2) is 14.2 Å². The molecule has 7 heteroatoms. The second-order valence-electron chi connectivity index (χ2n) is 4.07. The van der Waals surface area contributed by atoms with E-state index in [1.165, 1.54) is 6.07 Å². The van der Waals surface area contributed by atoms with Crippen LogP contribution in [0.2, 0.25) is 0 Å². The summed E-state index contributed by atoms with van der Waals surface area (Å²) in [5, 5.41) is 0. The number of nitrogens with two attached hydrogens (primary N) is 1. The number of ether oxygens (including phenoxy) is 1. The lowest BCUT2D eigenvalue weighted by molar-refractivity contribution is 0.152. The molecule has 0 fully saturated rings. The normalized spacial score (nSPS) is 10.9.